The van der Waals surface area contributed by atoms with Gasteiger partial charge in [-0.2, -0.15) is 5.26 Å². The van der Waals surface area contributed by atoms with Gasteiger partial charge in [-0.3, -0.25) is 9.35 Å². The van der Waals surface area contributed by atoms with Crippen LogP contribution in [0.15, 0.2) is 18.2 Å². The van der Waals surface area contributed by atoms with E-state index >= 15 is 0 Å². The lowest BCUT2D eigenvalue weighted by atomic mass is 9.64. The number of halogens is 1. The highest BCUT2D eigenvalue weighted by Crippen LogP contribution is 2.41. The van der Waals surface area contributed by atoms with Crippen molar-refractivity contribution < 1.29 is 17.9 Å². The number of hydrogen-bond acceptors (Lipinski definition) is 3. The number of ketones is 1. The first-order valence-corrected chi connectivity index (χ1v) is 6.64. The number of carbonyl (C=O) groups is 1. The van der Waals surface area contributed by atoms with Gasteiger partial charge in [-0.05, 0) is 11.6 Å². The number of nitriles is 1. The molecule has 0 bridgehead atoms. The van der Waals surface area contributed by atoms with Crippen molar-refractivity contribution in [3.05, 3.63) is 35.1 Å². The second kappa shape index (κ2) is 5.17. The molecule has 0 aliphatic heterocycles. The van der Waals surface area contributed by atoms with Gasteiger partial charge in [0, 0.05) is 24.9 Å². The molecule has 5 nitrogen and oxygen atoms in total. The normalized spacial score (nSPS) is 18.5. The molecule has 1 aliphatic rings. The Morgan fingerprint density at radius 1 is 1.53 bits per heavy atom. The minimum Gasteiger partial charge on any atom is -0.300 e. The molecule has 7 heteroatoms. The van der Waals surface area contributed by atoms with Crippen LogP contribution in [-0.2, 0) is 28.0 Å². The summed E-state index contributed by atoms with van der Waals surface area (Å²) in [7, 11) is 0. The lowest BCUT2D eigenvalue weighted by Gasteiger charge is -2.34. The SMILES string of the molecule is N#CC1(c2ccc(CNS(=O)O)c(F)c2)CC(=O)C1. The first kappa shape index (κ1) is 13.8. The molecule has 1 atom stereocenters. The van der Waals surface area contributed by atoms with Gasteiger partial charge in [-0.15, -0.1) is 0 Å². The standard InChI is InChI=1S/C12H11FN2O3S/c13-11-3-9(12(7-14)4-10(16)5-12)2-1-8(11)6-15-19(17)18/h1-3,15H,4-6H2,(H,17,18). The Hall–Kier alpha value is -1.62. The molecule has 0 radical (unpaired) electrons. The number of rotatable bonds is 4. The van der Waals surface area contributed by atoms with Crippen LogP contribution in [-0.4, -0.2) is 14.5 Å². The minimum atomic E-state index is -2.21. The zero-order valence-corrected chi connectivity index (χ0v) is 10.7. The van der Waals surface area contributed by atoms with Crippen LogP contribution in [0.2, 0.25) is 0 Å². The van der Waals surface area contributed by atoms with Crippen LogP contribution in [0.1, 0.15) is 24.0 Å². The molecular weight excluding hydrogens is 271 g/mol. The van der Waals surface area contributed by atoms with Crippen LogP contribution < -0.4 is 4.72 Å². The molecule has 1 fully saturated rings. The van der Waals surface area contributed by atoms with Gasteiger partial charge in [0.15, 0.2) is 0 Å². The third-order valence-electron chi connectivity index (χ3n) is 3.20. The van der Waals surface area contributed by atoms with Gasteiger partial charge in [0.25, 0.3) is 0 Å². The summed E-state index contributed by atoms with van der Waals surface area (Å²) < 4.78 is 35.0. The third-order valence-corrected chi connectivity index (χ3v) is 3.59. The van der Waals surface area contributed by atoms with E-state index in [2.05, 4.69) is 10.8 Å². The minimum absolute atomic E-state index is 0.0108. The Labute approximate surface area is 111 Å². The molecule has 1 aromatic carbocycles. The largest absolute Gasteiger partial charge is 0.300 e. The van der Waals surface area contributed by atoms with E-state index < -0.39 is 22.5 Å². The van der Waals surface area contributed by atoms with E-state index in [9.17, 15) is 13.4 Å². The maximum Gasteiger partial charge on any atom is 0.232 e. The summed E-state index contributed by atoms with van der Waals surface area (Å²) in [4.78, 5) is 11.1. The second-order valence-electron chi connectivity index (χ2n) is 4.46. The average Bonchev–Trinajstić information content (AvgIpc) is 2.33. The van der Waals surface area contributed by atoms with E-state index in [4.69, 9.17) is 9.81 Å². The number of carbonyl (C=O) groups excluding carboxylic acids is 1. The summed E-state index contributed by atoms with van der Waals surface area (Å²) >= 11 is -2.21. The molecule has 1 unspecified atom stereocenters. The highest BCUT2D eigenvalue weighted by molar-refractivity contribution is 7.77. The van der Waals surface area contributed by atoms with E-state index in [1.165, 1.54) is 12.1 Å². The average molecular weight is 282 g/mol. The highest BCUT2D eigenvalue weighted by Gasteiger charge is 2.45. The molecule has 0 aromatic heterocycles. The van der Waals surface area contributed by atoms with Crippen LogP contribution in [0.3, 0.4) is 0 Å². The third kappa shape index (κ3) is 2.71. The quantitative estimate of drug-likeness (QED) is 0.811. The molecule has 0 amide bonds. The van der Waals surface area contributed by atoms with Gasteiger partial charge in [0.2, 0.25) is 11.3 Å². The first-order valence-electron chi connectivity index (χ1n) is 5.53. The van der Waals surface area contributed by atoms with Crippen molar-refractivity contribution in [3.8, 4) is 6.07 Å². The Morgan fingerprint density at radius 3 is 2.68 bits per heavy atom. The van der Waals surface area contributed by atoms with Crippen molar-refractivity contribution in [2.75, 3.05) is 0 Å². The summed E-state index contributed by atoms with van der Waals surface area (Å²) in [6.45, 7) is -0.0896. The lowest BCUT2D eigenvalue weighted by molar-refractivity contribution is -0.126. The molecule has 1 saturated carbocycles. The number of nitrogens with one attached hydrogen (secondary N) is 1. The monoisotopic (exact) mass is 282 g/mol. The van der Waals surface area contributed by atoms with Gasteiger partial charge in [-0.1, -0.05) is 12.1 Å². The molecule has 100 valence electrons. The molecule has 2 rings (SSSR count). The smallest absolute Gasteiger partial charge is 0.232 e. The number of hydrogen-bond donors (Lipinski definition) is 2. The van der Waals surface area contributed by atoms with Gasteiger partial charge < -0.3 is 0 Å². The molecule has 0 heterocycles. The maximum absolute atomic E-state index is 13.8. The fraction of sp³-hybridized carbons (Fsp3) is 0.333. The van der Waals surface area contributed by atoms with Crippen molar-refractivity contribution in [1.29, 1.82) is 5.26 Å². The fourth-order valence-electron chi connectivity index (χ4n) is 2.10. The van der Waals surface area contributed by atoms with Crippen LogP contribution in [0, 0.1) is 17.1 Å². The second-order valence-corrected chi connectivity index (χ2v) is 5.25. The lowest BCUT2D eigenvalue weighted by Crippen LogP contribution is -2.40. The summed E-state index contributed by atoms with van der Waals surface area (Å²) in [5, 5.41) is 9.13. The van der Waals surface area contributed by atoms with E-state index in [-0.39, 0.29) is 30.7 Å². The van der Waals surface area contributed by atoms with Crippen LogP contribution in [0.5, 0.6) is 0 Å². The Morgan fingerprint density at radius 2 is 2.21 bits per heavy atom. The molecule has 1 aromatic rings. The van der Waals surface area contributed by atoms with Crippen LogP contribution >= 0.6 is 0 Å². The molecular formula is C12H11FN2O3S. The maximum atomic E-state index is 13.8. The topological polar surface area (TPSA) is 90.2 Å². The van der Waals surface area contributed by atoms with Crippen molar-refractivity contribution in [2.45, 2.75) is 24.8 Å². The Balaban J connectivity index is 2.22. The van der Waals surface area contributed by atoms with Crippen molar-refractivity contribution in [2.24, 2.45) is 0 Å². The summed E-state index contributed by atoms with van der Waals surface area (Å²) in [5.74, 6) is -0.576. The number of benzene rings is 1. The van der Waals surface area contributed by atoms with E-state index in [0.29, 0.717) is 5.56 Å². The molecule has 1 aliphatic carbocycles. The highest BCUT2D eigenvalue weighted by atomic mass is 32.2. The van der Waals surface area contributed by atoms with E-state index in [1.807, 2.05) is 0 Å². The molecule has 0 spiro atoms. The van der Waals surface area contributed by atoms with Crippen molar-refractivity contribution in [3.63, 3.8) is 0 Å². The Kier molecular flexibility index (Phi) is 3.75. The summed E-state index contributed by atoms with van der Waals surface area (Å²) in [5.41, 5.74) is -0.213. The van der Waals surface area contributed by atoms with Crippen molar-refractivity contribution in [1.82, 2.24) is 4.72 Å². The first-order chi connectivity index (χ1) is 8.97. The Bertz CT molecular complexity index is 589. The summed E-state index contributed by atoms with van der Waals surface area (Å²) in [6.07, 6.45) is 0.225. The zero-order valence-electron chi connectivity index (χ0n) is 9.85. The van der Waals surface area contributed by atoms with Gasteiger partial charge in [0.05, 0.1) is 11.5 Å². The number of nitrogens with zero attached hydrogens (tertiary/aromatic N) is 1. The zero-order chi connectivity index (χ0) is 14.0. The number of Topliss-reactive ketones (excluding diaryl/α,β-unsaturated/α-hetero) is 1. The predicted molar refractivity (Wildman–Crippen MR) is 65.5 cm³/mol. The molecule has 2 N–H and O–H groups in total. The van der Waals surface area contributed by atoms with Gasteiger partial charge in [-0.25, -0.2) is 13.3 Å². The predicted octanol–water partition coefficient (Wildman–Crippen LogP) is 1.18. The summed E-state index contributed by atoms with van der Waals surface area (Å²) in [6, 6.07) is 6.31. The molecule has 0 saturated heterocycles. The van der Waals surface area contributed by atoms with Crippen molar-refractivity contribution >= 4 is 17.0 Å². The molecule has 19 heavy (non-hydrogen) atoms. The van der Waals surface area contributed by atoms with Crippen LogP contribution in [0.4, 0.5) is 4.39 Å². The van der Waals surface area contributed by atoms with Gasteiger partial charge >= 0.3 is 0 Å². The van der Waals surface area contributed by atoms with Crippen LogP contribution in [0.25, 0.3) is 0 Å². The van der Waals surface area contributed by atoms with E-state index in [1.54, 1.807) is 6.07 Å². The van der Waals surface area contributed by atoms with E-state index in [0.717, 1.165) is 0 Å². The fourth-order valence-corrected chi connectivity index (χ4v) is 2.38. The van der Waals surface area contributed by atoms with Gasteiger partial charge in [0.1, 0.15) is 11.6 Å².